The topological polar surface area (TPSA) is 65.8 Å². The van der Waals surface area contributed by atoms with Crippen LogP contribution < -0.4 is 4.72 Å². The zero-order valence-electron chi connectivity index (χ0n) is 20.9. The van der Waals surface area contributed by atoms with Crippen molar-refractivity contribution in [1.82, 2.24) is 19.5 Å². The predicted octanol–water partition coefficient (Wildman–Crippen LogP) is 6.32. The van der Waals surface area contributed by atoms with Crippen LogP contribution in [0.15, 0.2) is 66.7 Å². The Morgan fingerprint density at radius 1 is 0.971 bits per heavy atom. The van der Waals surface area contributed by atoms with E-state index in [1.54, 1.807) is 0 Å². The monoisotopic (exact) mass is 474 g/mol. The van der Waals surface area contributed by atoms with Crippen LogP contribution in [-0.4, -0.2) is 24.1 Å². The minimum atomic E-state index is -1.24. The van der Waals surface area contributed by atoms with Crippen LogP contribution in [0.5, 0.6) is 0 Å². The molecule has 0 aliphatic carbocycles. The van der Waals surface area contributed by atoms with Gasteiger partial charge >= 0.3 is 0 Å². The van der Waals surface area contributed by atoms with Gasteiger partial charge in [0.15, 0.2) is 0 Å². The van der Waals surface area contributed by atoms with Crippen LogP contribution in [0.25, 0.3) is 22.2 Å². The molecule has 5 nitrogen and oxygen atoms in total. The Morgan fingerprint density at radius 2 is 1.68 bits per heavy atom. The molecule has 0 saturated carbocycles. The quantitative estimate of drug-likeness (QED) is 0.318. The molecule has 178 valence electrons. The minimum Gasteiger partial charge on any atom is -0.598 e. The molecule has 0 spiro atoms. The van der Waals surface area contributed by atoms with Crippen LogP contribution in [0, 0.1) is 6.92 Å². The summed E-state index contributed by atoms with van der Waals surface area (Å²) in [5, 5.41) is 6.17. The van der Waals surface area contributed by atoms with E-state index in [0.29, 0.717) is 6.42 Å². The lowest BCUT2D eigenvalue weighted by Gasteiger charge is -2.29. The first-order valence-electron chi connectivity index (χ1n) is 11.8. The molecule has 0 radical (unpaired) electrons. The van der Waals surface area contributed by atoms with E-state index in [1.165, 1.54) is 0 Å². The summed E-state index contributed by atoms with van der Waals surface area (Å²) in [7, 11) is 0. The van der Waals surface area contributed by atoms with Gasteiger partial charge in [-0.3, -0.25) is 9.67 Å². The van der Waals surface area contributed by atoms with Crippen molar-refractivity contribution in [2.45, 2.75) is 64.8 Å². The van der Waals surface area contributed by atoms with Crippen molar-refractivity contribution in [3.8, 4) is 11.3 Å². The Hall–Kier alpha value is -2.67. The van der Waals surface area contributed by atoms with E-state index in [0.717, 1.165) is 39.1 Å². The maximum Gasteiger partial charge on any atom is 0.136 e. The number of nitrogens with zero attached hydrogens (tertiary/aromatic N) is 3. The number of benzene rings is 2. The molecule has 4 rings (SSSR count). The first-order chi connectivity index (χ1) is 16.1. The first-order valence-corrected chi connectivity index (χ1v) is 13.0. The zero-order valence-corrected chi connectivity index (χ0v) is 21.7. The molecule has 0 fully saturated rings. The molecule has 2 atom stereocenters. The van der Waals surface area contributed by atoms with Gasteiger partial charge < -0.3 is 4.55 Å². The molecule has 34 heavy (non-hydrogen) atoms. The Morgan fingerprint density at radius 3 is 2.38 bits per heavy atom. The number of aromatic nitrogens is 3. The molecular formula is C28H34N4OS. The van der Waals surface area contributed by atoms with Crippen LogP contribution in [0.3, 0.4) is 0 Å². The molecule has 0 unspecified atom stereocenters. The third kappa shape index (κ3) is 5.19. The van der Waals surface area contributed by atoms with E-state index >= 15 is 0 Å². The van der Waals surface area contributed by atoms with Crippen molar-refractivity contribution in [2.24, 2.45) is 0 Å². The fourth-order valence-corrected chi connectivity index (χ4v) is 4.96. The number of hydrogen-bond acceptors (Lipinski definition) is 4. The summed E-state index contributed by atoms with van der Waals surface area (Å²) in [5.74, 6) is 0. The Bertz CT molecular complexity index is 1270. The molecule has 0 saturated heterocycles. The summed E-state index contributed by atoms with van der Waals surface area (Å²) < 4.78 is 18.3. The second-order valence-corrected chi connectivity index (χ2v) is 12.0. The van der Waals surface area contributed by atoms with Crippen molar-refractivity contribution in [3.05, 3.63) is 83.7 Å². The van der Waals surface area contributed by atoms with E-state index in [9.17, 15) is 4.55 Å². The van der Waals surface area contributed by atoms with E-state index in [1.807, 2.05) is 58.0 Å². The van der Waals surface area contributed by atoms with Gasteiger partial charge in [0, 0.05) is 46.2 Å². The van der Waals surface area contributed by atoms with Gasteiger partial charge in [-0.15, -0.1) is 4.72 Å². The van der Waals surface area contributed by atoms with Crippen LogP contribution in [0.1, 0.15) is 63.7 Å². The fourth-order valence-electron chi connectivity index (χ4n) is 4.14. The SMILES string of the molecule is Cc1cccc(C[C@H](N[S@@+]([O-])C(C)(C)C)c2ccccc2-c2nn(C(C)C)c3ccccc23)n1. The van der Waals surface area contributed by atoms with Gasteiger partial charge in [-0.2, -0.15) is 5.10 Å². The lowest BCUT2D eigenvalue weighted by molar-refractivity contribution is 0.520. The van der Waals surface area contributed by atoms with Crippen molar-refractivity contribution < 1.29 is 4.55 Å². The van der Waals surface area contributed by atoms with Gasteiger partial charge in [-0.05, 0) is 65.3 Å². The lowest BCUT2D eigenvalue weighted by atomic mass is 9.94. The lowest BCUT2D eigenvalue weighted by Crippen LogP contribution is -2.42. The molecule has 0 aliphatic heterocycles. The molecule has 2 heterocycles. The van der Waals surface area contributed by atoms with E-state index in [2.05, 4.69) is 59.6 Å². The van der Waals surface area contributed by atoms with Gasteiger partial charge in [0.1, 0.15) is 10.4 Å². The Labute approximate surface area is 205 Å². The summed E-state index contributed by atoms with van der Waals surface area (Å²) in [5.41, 5.74) is 6.13. The van der Waals surface area contributed by atoms with Gasteiger partial charge in [0.05, 0.1) is 11.6 Å². The normalized spacial score (nSPS) is 14.0. The number of nitrogens with one attached hydrogen (secondary N) is 1. The summed E-state index contributed by atoms with van der Waals surface area (Å²) in [6, 6.07) is 22.8. The first kappa shape index (κ1) is 24.5. The van der Waals surface area contributed by atoms with Crippen LogP contribution in [0.2, 0.25) is 0 Å². The van der Waals surface area contributed by atoms with Crippen molar-refractivity contribution in [3.63, 3.8) is 0 Å². The standard InChI is InChI=1S/C28H34N4OS/c1-19(2)32-26-17-10-9-16-24(26)27(30-32)23-15-8-7-14-22(23)25(31-34(33)28(4,5)6)18-21-13-11-12-20(3)29-21/h7-17,19,25,31H,18H2,1-6H3/t25-,34-/m0/s1. The van der Waals surface area contributed by atoms with Gasteiger partial charge in [-0.1, -0.05) is 48.5 Å². The summed E-state index contributed by atoms with van der Waals surface area (Å²) in [6.45, 7) is 12.3. The number of hydrogen-bond donors (Lipinski definition) is 1. The van der Waals surface area contributed by atoms with E-state index in [4.69, 9.17) is 10.1 Å². The van der Waals surface area contributed by atoms with Gasteiger partial charge in [0.2, 0.25) is 0 Å². The van der Waals surface area contributed by atoms with Crippen LogP contribution in [-0.2, 0) is 17.8 Å². The molecule has 0 bridgehead atoms. The number of aryl methyl sites for hydroxylation is 1. The van der Waals surface area contributed by atoms with E-state index in [-0.39, 0.29) is 16.8 Å². The smallest absolute Gasteiger partial charge is 0.136 e. The van der Waals surface area contributed by atoms with Crippen molar-refractivity contribution in [1.29, 1.82) is 0 Å². The number of rotatable bonds is 7. The second-order valence-electron chi connectivity index (χ2n) is 10.0. The summed E-state index contributed by atoms with van der Waals surface area (Å²) >= 11 is -1.24. The van der Waals surface area contributed by atoms with Crippen LogP contribution in [0.4, 0.5) is 0 Å². The van der Waals surface area contributed by atoms with Crippen molar-refractivity contribution >= 4 is 22.3 Å². The largest absolute Gasteiger partial charge is 0.598 e. The number of para-hydroxylation sites is 1. The minimum absolute atomic E-state index is 0.187. The molecule has 1 N–H and O–H groups in total. The van der Waals surface area contributed by atoms with Crippen molar-refractivity contribution in [2.75, 3.05) is 0 Å². The maximum atomic E-state index is 13.2. The highest BCUT2D eigenvalue weighted by molar-refractivity contribution is 7.90. The van der Waals surface area contributed by atoms with Crippen LogP contribution >= 0.6 is 0 Å². The molecule has 0 amide bonds. The van der Waals surface area contributed by atoms with Gasteiger partial charge in [0.25, 0.3) is 0 Å². The summed E-state index contributed by atoms with van der Waals surface area (Å²) in [4.78, 5) is 4.73. The highest BCUT2D eigenvalue weighted by Crippen LogP contribution is 2.35. The third-order valence-electron chi connectivity index (χ3n) is 5.86. The third-order valence-corrected chi connectivity index (χ3v) is 7.47. The average molecular weight is 475 g/mol. The molecular weight excluding hydrogens is 440 g/mol. The number of pyridine rings is 1. The highest BCUT2D eigenvalue weighted by Gasteiger charge is 2.31. The zero-order chi connectivity index (χ0) is 24.5. The molecule has 6 heteroatoms. The second kappa shape index (κ2) is 9.90. The van der Waals surface area contributed by atoms with Gasteiger partial charge in [-0.25, -0.2) is 0 Å². The number of fused-ring (bicyclic) bond motifs is 1. The predicted molar refractivity (Wildman–Crippen MR) is 142 cm³/mol. The highest BCUT2D eigenvalue weighted by atomic mass is 32.2. The Kier molecular flexibility index (Phi) is 7.12. The Balaban J connectivity index is 1.85. The molecule has 2 aromatic heterocycles. The fraction of sp³-hybridized carbons (Fsp3) is 0.357. The molecule has 4 aromatic rings. The summed E-state index contributed by atoms with van der Waals surface area (Å²) in [6.07, 6.45) is 0.628. The van der Waals surface area contributed by atoms with E-state index < -0.39 is 11.4 Å². The molecule has 2 aromatic carbocycles. The maximum absolute atomic E-state index is 13.2. The molecule has 0 aliphatic rings. The average Bonchev–Trinajstić information content (AvgIpc) is 3.18.